The smallest absolute Gasteiger partial charge is 0.346 e. The van der Waals surface area contributed by atoms with Crippen molar-refractivity contribution in [2.75, 3.05) is 26.7 Å². The molecule has 3 N–H and O–H groups in total. The van der Waals surface area contributed by atoms with Crippen molar-refractivity contribution >= 4 is 18.4 Å². The Kier molecular flexibility index (Phi) is 8.33. The number of benzene rings is 1. The highest BCUT2D eigenvalue weighted by atomic mass is 35.5. The number of hydrogen-bond donors (Lipinski definition) is 3. The molecule has 3 atom stereocenters. The normalized spacial score (nSPS) is 21.3. The molecule has 0 aliphatic carbocycles. The van der Waals surface area contributed by atoms with Crippen LogP contribution in [0, 0.1) is 5.92 Å². The van der Waals surface area contributed by atoms with Crippen molar-refractivity contribution in [3.05, 3.63) is 29.8 Å². The third-order valence-electron chi connectivity index (χ3n) is 3.81. The third-order valence-corrected chi connectivity index (χ3v) is 3.81. The van der Waals surface area contributed by atoms with Gasteiger partial charge >= 0.3 is 5.97 Å². The zero-order valence-corrected chi connectivity index (χ0v) is 14.3. The molecule has 0 bridgehead atoms. The van der Waals surface area contributed by atoms with Crippen LogP contribution in [0.2, 0.25) is 0 Å². The van der Waals surface area contributed by atoms with Crippen LogP contribution in [0.1, 0.15) is 12.5 Å². The van der Waals surface area contributed by atoms with E-state index in [0.29, 0.717) is 12.3 Å². The van der Waals surface area contributed by atoms with E-state index >= 15 is 0 Å². The molecule has 1 aliphatic rings. The molecule has 1 heterocycles. The van der Waals surface area contributed by atoms with Gasteiger partial charge in [-0.1, -0.05) is 12.1 Å². The number of rotatable bonds is 7. The number of carbonyl (C=O) groups is 1. The van der Waals surface area contributed by atoms with E-state index in [9.17, 15) is 9.90 Å². The Balaban J connectivity index is 0.00000264. The molecule has 130 valence electrons. The summed E-state index contributed by atoms with van der Waals surface area (Å²) in [5.41, 5.74) is 1.12. The number of ether oxygens (including phenoxy) is 2. The predicted molar refractivity (Wildman–Crippen MR) is 89.9 cm³/mol. The number of β-amino-alcohol motifs (C(OH)–C–C–N with tert-alkyl or cyclic N) is 1. The van der Waals surface area contributed by atoms with Gasteiger partial charge in [0.15, 0.2) is 6.10 Å². The summed E-state index contributed by atoms with van der Waals surface area (Å²) in [6, 6.07) is 7.58. The second-order valence-electron chi connectivity index (χ2n) is 5.54. The molecule has 1 fully saturated rings. The number of aliphatic hydroxyl groups is 1. The molecule has 1 aromatic rings. The summed E-state index contributed by atoms with van der Waals surface area (Å²) in [6.07, 6.45) is -0.881. The van der Waals surface area contributed by atoms with Gasteiger partial charge in [-0.15, -0.1) is 12.4 Å². The van der Waals surface area contributed by atoms with Crippen molar-refractivity contribution in [3.8, 4) is 5.75 Å². The molecular formula is C16H25ClN2O4. The van der Waals surface area contributed by atoms with Gasteiger partial charge in [-0.3, -0.25) is 0 Å². The van der Waals surface area contributed by atoms with Crippen molar-refractivity contribution in [3.63, 3.8) is 0 Å². The van der Waals surface area contributed by atoms with Crippen LogP contribution in [-0.2, 0) is 16.1 Å². The first-order chi connectivity index (χ1) is 10.6. The summed E-state index contributed by atoms with van der Waals surface area (Å²) < 4.78 is 10.1. The summed E-state index contributed by atoms with van der Waals surface area (Å²) in [4.78, 5) is 11.3. The van der Waals surface area contributed by atoms with Crippen molar-refractivity contribution in [2.45, 2.75) is 25.7 Å². The Hall–Kier alpha value is -1.34. The number of nitrogens with one attached hydrogen (secondary N) is 2. The molecule has 0 saturated carbocycles. The maximum absolute atomic E-state index is 11.3. The number of carbonyl (C=O) groups excluding carboxylic acids is 1. The zero-order valence-electron chi connectivity index (χ0n) is 13.5. The van der Waals surface area contributed by atoms with Crippen LogP contribution in [0.25, 0.3) is 0 Å². The maximum Gasteiger partial charge on any atom is 0.346 e. The van der Waals surface area contributed by atoms with E-state index in [4.69, 9.17) is 4.74 Å². The topological polar surface area (TPSA) is 79.8 Å². The van der Waals surface area contributed by atoms with Crippen molar-refractivity contribution in [2.24, 2.45) is 5.92 Å². The molecule has 1 aromatic carbocycles. The Morgan fingerprint density at radius 2 is 2.09 bits per heavy atom. The molecule has 0 radical (unpaired) electrons. The fraction of sp³-hybridized carbons (Fsp3) is 0.562. The summed E-state index contributed by atoms with van der Waals surface area (Å²) in [6.45, 7) is 4.70. The Morgan fingerprint density at radius 3 is 2.65 bits per heavy atom. The standard InChI is InChI=1S/C16H24N2O4.ClH/c1-11(16(20)21-2)22-14-5-3-12(4-6-14)7-17-8-13-9-18-10-15(13)19;/h3-6,11,13,15,17-19H,7-10H2,1-2H3;1H. The second-order valence-corrected chi connectivity index (χ2v) is 5.54. The van der Waals surface area contributed by atoms with Gasteiger partial charge in [-0.25, -0.2) is 4.79 Å². The molecule has 23 heavy (non-hydrogen) atoms. The minimum atomic E-state index is -0.620. The monoisotopic (exact) mass is 344 g/mol. The van der Waals surface area contributed by atoms with Gasteiger partial charge in [0.25, 0.3) is 0 Å². The van der Waals surface area contributed by atoms with E-state index in [1.807, 2.05) is 24.3 Å². The highest BCUT2D eigenvalue weighted by Crippen LogP contribution is 2.14. The highest BCUT2D eigenvalue weighted by molar-refractivity contribution is 5.85. The molecule has 2 rings (SSSR count). The second kappa shape index (κ2) is 9.72. The van der Waals surface area contributed by atoms with E-state index in [0.717, 1.165) is 25.2 Å². The lowest BCUT2D eigenvalue weighted by Crippen LogP contribution is -2.30. The lowest BCUT2D eigenvalue weighted by Gasteiger charge is -2.15. The van der Waals surface area contributed by atoms with E-state index in [1.165, 1.54) is 7.11 Å². The minimum absolute atomic E-state index is 0. The lowest BCUT2D eigenvalue weighted by atomic mass is 10.1. The summed E-state index contributed by atoms with van der Waals surface area (Å²) >= 11 is 0. The van der Waals surface area contributed by atoms with Crippen LogP contribution in [0.15, 0.2) is 24.3 Å². The Morgan fingerprint density at radius 1 is 1.39 bits per heavy atom. The first-order valence-electron chi connectivity index (χ1n) is 7.53. The SMILES string of the molecule is COC(=O)C(C)Oc1ccc(CNCC2CNCC2O)cc1.Cl. The van der Waals surface area contributed by atoms with Crippen LogP contribution < -0.4 is 15.4 Å². The number of halogens is 1. The van der Waals surface area contributed by atoms with Gasteiger partial charge in [-0.05, 0) is 24.6 Å². The number of aliphatic hydroxyl groups excluding tert-OH is 1. The average molecular weight is 345 g/mol. The van der Waals surface area contributed by atoms with Crippen LogP contribution in [0.5, 0.6) is 5.75 Å². The molecule has 0 aromatic heterocycles. The predicted octanol–water partition coefficient (Wildman–Crippen LogP) is 0.719. The van der Waals surface area contributed by atoms with Gasteiger partial charge < -0.3 is 25.2 Å². The summed E-state index contributed by atoms with van der Waals surface area (Å²) in [7, 11) is 1.34. The minimum Gasteiger partial charge on any atom is -0.479 e. The van der Waals surface area contributed by atoms with Crippen molar-refractivity contribution in [1.82, 2.24) is 10.6 Å². The molecule has 1 saturated heterocycles. The van der Waals surface area contributed by atoms with Gasteiger partial charge in [0.2, 0.25) is 0 Å². The fourth-order valence-corrected chi connectivity index (χ4v) is 2.43. The number of methoxy groups -OCH3 is 1. The first-order valence-corrected chi connectivity index (χ1v) is 7.53. The van der Waals surface area contributed by atoms with Crippen LogP contribution in [-0.4, -0.2) is 50.0 Å². The van der Waals surface area contributed by atoms with E-state index < -0.39 is 12.1 Å². The first kappa shape index (κ1) is 19.7. The van der Waals surface area contributed by atoms with Crippen molar-refractivity contribution < 1.29 is 19.4 Å². The van der Waals surface area contributed by atoms with Gasteiger partial charge in [0, 0.05) is 32.1 Å². The molecule has 6 nitrogen and oxygen atoms in total. The van der Waals surface area contributed by atoms with Gasteiger partial charge in [0.1, 0.15) is 5.75 Å². The molecular weight excluding hydrogens is 320 g/mol. The molecule has 0 spiro atoms. The molecule has 0 amide bonds. The fourth-order valence-electron chi connectivity index (χ4n) is 2.43. The number of esters is 1. The number of hydrogen-bond acceptors (Lipinski definition) is 6. The van der Waals surface area contributed by atoms with Crippen LogP contribution >= 0.6 is 12.4 Å². The summed E-state index contributed by atoms with van der Waals surface area (Å²) in [5, 5.41) is 16.2. The van der Waals surface area contributed by atoms with Crippen LogP contribution in [0.4, 0.5) is 0 Å². The van der Waals surface area contributed by atoms with Gasteiger partial charge in [-0.2, -0.15) is 0 Å². The maximum atomic E-state index is 11.3. The van der Waals surface area contributed by atoms with Gasteiger partial charge in [0.05, 0.1) is 13.2 Å². The molecule has 1 aliphatic heterocycles. The van der Waals surface area contributed by atoms with E-state index in [1.54, 1.807) is 6.92 Å². The Bertz CT molecular complexity index is 483. The van der Waals surface area contributed by atoms with Crippen molar-refractivity contribution in [1.29, 1.82) is 0 Å². The summed E-state index contributed by atoms with van der Waals surface area (Å²) in [5.74, 6) is 0.509. The molecule has 3 unspecified atom stereocenters. The van der Waals surface area contributed by atoms with Crippen LogP contribution in [0.3, 0.4) is 0 Å². The quantitative estimate of drug-likeness (QED) is 0.632. The van der Waals surface area contributed by atoms with E-state index in [-0.39, 0.29) is 24.4 Å². The lowest BCUT2D eigenvalue weighted by molar-refractivity contribution is -0.147. The average Bonchev–Trinajstić information content (AvgIpc) is 2.93. The Labute approximate surface area is 143 Å². The third kappa shape index (κ3) is 5.99. The highest BCUT2D eigenvalue weighted by Gasteiger charge is 2.23. The zero-order chi connectivity index (χ0) is 15.9. The largest absolute Gasteiger partial charge is 0.479 e. The van der Waals surface area contributed by atoms with E-state index in [2.05, 4.69) is 15.4 Å². The molecule has 7 heteroatoms.